The molecule has 1 aromatic heterocycles. The molecule has 2 fully saturated rings. The highest BCUT2D eigenvalue weighted by atomic mass is 32.1. The topological polar surface area (TPSA) is 85.4 Å². The summed E-state index contributed by atoms with van der Waals surface area (Å²) in [5, 5.41) is 17.4. The molecule has 0 amide bonds. The second-order valence-corrected chi connectivity index (χ2v) is 6.05. The van der Waals surface area contributed by atoms with Crippen molar-refractivity contribution in [3.05, 3.63) is 16.6 Å². The molecule has 0 saturated carbocycles. The third-order valence-corrected chi connectivity index (χ3v) is 4.48. The lowest BCUT2D eigenvalue weighted by Crippen LogP contribution is -2.38. The zero-order valence-electron chi connectivity index (χ0n) is 13.1. The van der Waals surface area contributed by atoms with Gasteiger partial charge in [-0.15, -0.1) is 11.3 Å². The fourth-order valence-corrected chi connectivity index (χ4v) is 3.08. The summed E-state index contributed by atoms with van der Waals surface area (Å²) in [6.07, 6.45) is 1.77. The van der Waals surface area contributed by atoms with Crippen LogP contribution in [0, 0.1) is 22.7 Å². The van der Waals surface area contributed by atoms with Crippen LogP contribution in [0.5, 0.6) is 0 Å². The minimum atomic E-state index is -0.147. The Kier molecular flexibility index (Phi) is 7.95. The SMILES string of the molecule is N#CC(c1cncs1)N1CCOCC1.N#CCN1CCOCC1. The molecule has 124 valence electrons. The maximum atomic E-state index is 9.10. The van der Waals surface area contributed by atoms with E-state index in [0.29, 0.717) is 6.54 Å². The summed E-state index contributed by atoms with van der Waals surface area (Å²) < 4.78 is 10.3. The van der Waals surface area contributed by atoms with Crippen molar-refractivity contribution in [1.29, 1.82) is 10.5 Å². The van der Waals surface area contributed by atoms with Crippen molar-refractivity contribution in [2.45, 2.75) is 6.04 Å². The molecule has 0 N–H and O–H groups in total. The van der Waals surface area contributed by atoms with Crippen molar-refractivity contribution in [2.75, 3.05) is 59.2 Å². The molecule has 7 nitrogen and oxygen atoms in total. The molecular formula is C15H21N5O2S. The van der Waals surface area contributed by atoms with Crippen LogP contribution in [0.2, 0.25) is 0 Å². The number of thiazole rings is 1. The van der Waals surface area contributed by atoms with Crippen LogP contribution in [0.4, 0.5) is 0 Å². The molecule has 0 aliphatic carbocycles. The van der Waals surface area contributed by atoms with Gasteiger partial charge in [-0.2, -0.15) is 10.5 Å². The lowest BCUT2D eigenvalue weighted by atomic mass is 10.2. The highest BCUT2D eigenvalue weighted by molar-refractivity contribution is 7.09. The lowest BCUT2D eigenvalue weighted by Gasteiger charge is -2.29. The van der Waals surface area contributed by atoms with Crippen molar-refractivity contribution in [2.24, 2.45) is 0 Å². The summed E-state index contributed by atoms with van der Waals surface area (Å²) in [6.45, 7) is 7.02. The van der Waals surface area contributed by atoms with Crippen molar-refractivity contribution in [3.8, 4) is 12.1 Å². The summed E-state index contributed by atoms with van der Waals surface area (Å²) in [7, 11) is 0. The molecule has 0 aromatic carbocycles. The Morgan fingerprint density at radius 2 is 1.78 bits per heavy atom. The molecule has 2 saturated heterocycles. The average Bonchev–Trinajstić information content (AvgIpc) is 3.13. The van der Waals surface area contributed by atoms with Crippen LogP contribution in [0.1, 0.15) is 10.9 Å². The molecule has 3 rings (SSSR count). The number of morpholine rings is 2. The Balaban J connectivity index is 0.000000185. The first-order valence-electron chi connectivity index (χ1n) is 7.62. The maximum Gasteiger partial charge on any atom is 0.134 e. The zero-order valence-corrected chi connectivity index (χ0v) is 13.9. The van der Waals surface area contributed by atoms with E-state index in [1.54, 1.807) is 11.7 Å². The van der Waals surface area contributed by atoms with Gasteiger partial charge in [-0.25, -0.2) is 0 Å². The van der Waals surface area contributed by atoms with Crippen LogP contribution in [-0.4, -0.2) is 73.9 Å². The first-order chi connectivity index (χ1) is 11.3. The lowest BCUT2D eigenvalue weighted by molar-refractivity contribution is 0.0272. The van der Waals surface area contributed by atoms with Gasteiger partial charge in [-0.3, -0.25) is 14.8 Å². The second kappa shape index (κ2) is 10.3. The number of ether oxygens (including phenoxy) is 2. The van der Waals surface area contributed by atoms with Crippen molar-refractivity contribution in [1.82, 2.24) is 14.8 Å². The minimum Gasteiger partial charge on any atom is -0.379 e. The summed E-state index contributed by atoms with van der Waals surface area (Å²) in [5.74, 6) is 0. The van der Waals surface area contributed by atoms with Gasteiger partial charge in [-0.05, 0) is 0 Å². The molecular weight excluding hydrogens is 314 g/mol. The van der Waals surface area contributed by atoms with E-state index < -0.39 is 0 Å². The molecule has 1 unspecified atom stereocenters. The van der Waals surface area contributed by atoms with Crippen LogP contribution < -0.4 is 0 Å². The van der Waals surface area contributed by atoms with Gasteiger partial charge < -0.3 is 9.47 Å². The predicted molar refractivity (Wildman–Crippen MR) is 85.7 cm³/mol. The van der Waals surface area contributed by atoms with E-state index >= 15 is 0 Å². The third kappa shape index (κ3) is 5.87. The highest BCUT2D eigenvalue weighted by Gasteiger charge is 2.23. The van der Waals surface area contributed by atoms with Crippen molar-refractivity contribution >= 4 is 11.3 Å². The maximum absolute atomic E-state index is 9.10. The number of nitrogens with zero attached hydrogens (tertiary/aromatic N) is 5. The molecule has 3 heterocycles. The van der Waals surface area contributed by atoms with Gasteiger partial charge in [0, 0.05) is 32.4 Å². The molecule has 0 bridgehead atoms. The normalized spacial score (nSPS) is 20.6. The Morgan fingerprint density at radius 1 is 1.13 bits per heavy atom. The Labute approximate surface area is 140 Å². The van der Waals surface area contributed by atoms with E-state index in [-0.39, 0.29) is 6.04 Å². The van der Waals surface area contributed by atoms with Gasteiger partial charge in [0.2, 0.25) is 0 Å². The number of hydrogen-bond donors (Lipinski definition) is 0. The molecule has 0 spiro atoms. The summed E-state index contributed by atoms with van der Waals surface area (Å²) >= 11 is 1.53. The summed E-state index contributed by atoms with van der Waals surface area (Å²) in [4.78, 5) is 9.24. The molecule has 8 heteroatoms. The molecule has 23 heavy (non-hydrogen) atoms. The van der Waals surface area contributed by atoms with E-state index in [1.807, 2.05) is 0 Å². The van der Waals surface area contributed by atoms with E-state index in [9.17, 15) is 0 Å². The molecule has 1 aromatic rings. The fourth-order valence-electron chi connectivity index (χ4n) is 2.38. The van der Waals surface area contributed by atoms with E-state index in [1.165, 1.54) is 11.3 Å². The standard InChI is InChI=1S/C9H11N3OS.C6H10N2O/c10-5-8(9-6-11-7-14-9)12-1-3-13-4-2-12;7-1-2-8-3-5-9-6-4-8/h6-8H,1-4H2;2-6H2. The number of nitriles is 2. The number of aromatic nitrogens is 1. The van der Waals surface area contributed by atoms with Gasteiger partial charge in [0.1, 0.15) is 6.04 Å². The monoisotopic (exact) mass is 335 g/mol. The van der Waals surface area contributed by atoms with Crippen LogP contribution in [-0.2, 0) is 9.47 Å². The van der Waals surface area contributed by atoms with Gasteiger partial charge in [0.05, 0.1) is 55.5 Å². The molecule has 2 aliphatic heterocycles. The van der Waals surface area contributed by atoms with Gasteiger partial charge in [-0.1, -0.05) is 0 Å². The van der Waals surface area contributed by atoms with E-state index in [0.717, 1.165) is 57.5 Å². The Hall–Kier alpha value is -1.55. The van der Waals surface area contributed by atoms with Crippen LogP contribution in [0.25, 0.3) is 0 Å². The first-order valence-corrected chi connectivity index (χ1v) is 8.50. The summed E-state index contributed by atoms with van der Waals surface area (Å²) in [6, 6.07) is 4.28. The van der Waals surface area contributed by atoms with E-state index in [4.69, 9.17) is 20.0 Å². The van der Waals surface area contributed by atoms with E-state index in [2.05, 4.69) is 26.9 Å². The van der Waals surface area contributed by atoms with Crippen molar-refractivity contribution in [3.63, 3.8) is 0 Å². The smallest absolute Gasteiger partial charge is 0.134 e. The fraction of sp³-hybridized carbons (Fsp3) is 0.667. The molecule has 0 radical (unpaired) electrons. The second-order valence-electron chi connectivity index (χ2n) is 5.13. The third-order valence-electron chi connectivity index (χ3n) is 3.65. The molecule has 2 aliphatic rings. The van der Waals surface area contributed by atoms with Crippen molar-refractivity contribution < 1.29 is 9.47 Å². The van der Waals surface area contributed by atoms with Gasteiger partial charge in [0.25, 0.3) is 0 Å². The predicted octanol–water partition coefficient (Wildman–Crippen LogP) is 0.882. The summed E-state index contributed by atoms with van der Waals surface area (Å²) in [5.41, 5.74) is 1.76. The van der Waals surface area contributed by atoms with Gasteiger partial charge >= 0.3 is 0 Å². The average molecular weight is 335 g/mol. The minimum absolute atomic E-state index is 0.147. The number of rotatable bonds is 3. The highest BCUT2D eigenvalue weighted by Crippen LogP contribution is 2.23. The van der Waals surface area contributed by atoms with Crippen LogP contribution in [0.3, 0.4) is 0 Å². The Bertz CT molecular complexity index is 513. The van der Waals surface area contributed by atoms with Gasteiger partial charge in [0.15, 0.2) is 0 Å². The molecule has 1 atom stereocenters. The van der Waals surface area contributed by atoms with Crippen LogP contribution >= 0.6 is 11.3 Å². The number of hydrogen-bond acceptors (Lipinski definition) is 8. The van der Waals surface area contributed by atoms with Crippen LogP contribution in [0.15, 0.2) is 11.7 Å². The largest absolute Gasteiger partial charge is 0.379 e. The first kappa shape index (κ1) is 17.8. The quantitative estimate of drug-likeness (QED) is 0.758. The zero-order chi connectivity index (χ0) is 16.3. The Morgan fingerprint density at radius 3 is 2.30 bits per heavy atom.